The number of carbonyl (C=O) groups excluding carboxylic acids is 2. The summed E-state index contributed by atoms with van der Waals surface area (Å²) in [6.45, 7) is 4.82. The Hall–Kier alpha value is -2.86. The smallest absolute Gasteiger partial charge is 0.255 e. The van der Waals surface area contributed by atoms with Crippen LogP contribution in [-0.4, -0.2) is 56.5 Å². The van der Waals surface area contributed by atoms with Gasteiger partial charge in [0, 0.05) is 48.2 Å². The largest absolute Gasteiger partial charge is 0.370 e. The molecule has 1 heterocycles. The van der Waals surface area contributed by atoms with Crippen LogP contribution in [0.2, 0.25) is 0 Å². The zero-order chi connectivity index (χ0) is 21.5. The molecule has 2 aromatic rings. The summed E-state index contributed by atoms with van der Waals surface area (Å²) < 4.78 is 0. The molecule has 6 heteroatoms. The number of benzene rings is 2. The second kappa shape index (κ2) is 10.3. The summed E-state index contributed by atoms with van der Waals surface area (Å²) >= 11 is 0. The predicted molar refractivity (Wildman–Crippen MR) is 122 cm³/mol. The molecule has 30 heavy (non-hydrogen) atoms. The summed E-state index contributed by atoms with van der Waals surface area (Å²) in [7, 11) is 4.25. The van der Waals surface area contributed by atoms with Crippen molar-refractivity contribution in [3.63, 3.8) is 0 Å². The molecule has 0 bridgehead atoms. The Labute approximate surface area is 179 Å². The highest BCUT2D eigenvalue weighted by molar-refractivity contribution is 6.05. The standard InChI is InChI=1S/C24H32N4O2/c1-4-5-15-25-23(29)18-6-8-19(9-7-18)24(30)26-20-10-12-21(13-11-20)28-16-14-22(17-28)27(2)3/h6-13,22H,4-5,14-17H2,1-3H3,(H,25,29)(H,26,30). The summed E-state index contributed by atoms with van der Waals surface area (Å²) in [6, 6.07) is 15.3. The van der Waals surface area contributed by atoms with Gasteiger partial charge in [-0.1, -0.05) is 13.3 Å². The quantitative estimate of drug-likeness (QED) is 0.655. The third-order valence-corrected chi connectivity index (χ3v) is 5.61. The van der Waals surface area contributed by atoms with Gasteiger partial charge in [-0.25, -0.2) is 0 Å². The monoisotopic (exact) mass is 408 g/mol. The third kappa shape index (κ3) is 5.60. The summed E-state index contributed by atoms with van der Waals surface area (Å²) in [5.41, 5.74) is 3.02. The van der Waals surface area contributed by atoms with E-state index in [4.69, 9.17) is 0 Å². The average Bonchev–Trinajstić information content (AvgIpc) is 3.25. The summed E-state index contributed by atoms with van der Waals surface area (Å²) in [6.07, 6.45) is 3.16. The van der Waals surface area contributed by atoms with Crippen LogP contribution < -0.4 is 15.5 Å². The van der Waals surface area contributed by atoms with E-state index in [0.717, 1.165) is 38.0 Å². The van der Waals surface area contributed by atoms with Crippen molar-refractivity contribution >= 4 is 23.2 Å². The number of hydrogen-bond acceptors (Lipinski definition) is 4. The van der Waals surface area contributed by atoms with Gasteiger partial charge in [0.05, 0.1) is 0 Å². The van der Waals surface area contributed by atoms with Crippen LogP contribution in [0.4, 0.5) is 11.4 Å². The molecular formula is C24H32N4O2. The molecule has 6 nitrogen and oxygen atoms in total. The molecule has 0 saturated carbocycles. The maximum absolute atomic E-state index is 12.5. The van der Waals surface area contributed by atoms with E-state index in [0.29, 0.717) is 23.7 Å². The molecule has 160 valence electrons. The van der Waals surface area contributed by atoms with Gasteiger partial charge < -0.3 is 20.4 Å². The number of nitrogens with zero attached hydrogens (tertiary/aromatic N) is 2. The number of unbranched alkanes of at least 4 members (excludes halogenated alkanes) is 1. The molecule has 0 spiro atoms. The minimum Gasteiger partial charge on any atom is -0.370 e. The molecule has 2 amide bonds. The maximum Gasteiger partial charge on any atom is 0.255 e. The van der Waals surface area contributed by atoms with Gasteiger partial charge in [0.1, 0.15) is 0 Å². The summed E-state index contributed by atoms with van der Waals surface area (Å²) in [5.74, 6) is -0.293. The van der Waals surface area contributed by atoms with Crippen molar-refractivity contribution in [1.29, 1.82) is 0 Å². The molecule has 1 atom stereocenters. The Morgan fingerprint density at radius 3 is 2.20 bits per heavy atom. The van der Waals surface area contributed by atoms with Crippen molar-refractivity contribution in [2.24, 2.45) is 0 Å². The lowest BCUT2D eigenvalue weighted by Crippen LogP contribution is -2.31. The second-order valence-electron chi connectivity index (χ2n) is 8.04. The van der Waals surface area contributed by atoms with Gasteiger partial charge in [0.25, 0.3) is 11.8 Å². The normalized spacial score (nSPS) is 16.0. The number of rotatable bonds is 8. The van der Waals surface area contributed by atoms with Crippen LogP contribution in [0.15, 0.2) is 48.5 Å². The maximum atomic E-state index is 12.5. The molecule has 1 saturated heterocycles. The Bertz CT molecular complexity index is 847. The van der Waals surface area contributed by atoms with Crippen LogP contribution in [-0.2, 0) is 0 Å². The van der Waals surface area contributed by atoms with Gasteiger partial charge in [0.15, 0.2) is 0 Å². The Morgan fingerprint density at radius 2 is 1.63 bits per heavy atom. The predicted octanol–water partition coefficient (Wildman–Crippen LogP) is 3.61. The van der Waals surface area contributed by atoms with E-state index in [1.165, 1.54) is 5.69 Å². The first kappa shape index (κ1) is 21.8. The minimum absolute atomic E-state index is 0.107. The Kier molecular flexibility index (Phi) is 7.46. The van der Waals surface area contributed by atoms with Crippen LogP contribution in [0.3, 0.4) is 0 Å². The van der Waals surface area contributed by atoms with E-state index < -0.39 is 0 Å². The minimum atomic E-state index is -0.186. The van der Waals surface area contributed by atoms with Gasteiger partial charge in [-0.05, 0) is 75.5 Å². The van der Waals surface area contributed by atoms with Crippen molar-refractivity contribution in [3.05, 3.63) is 59.7 Å². The van der Waals surface area contributed by atoms with Crippen molar-refractivity contribution in [2.75, 3.05) is 43.9 Å². The van der Waals surface area contributed by atoms with Crippen molar-refractivity contribution < 1.29 is 9.59 Å². The van der Waals surface area contributed by atoms with E-state index in [2.05, 4.69) is 53.6 Å². The van der Waals surface area contributed by atoms with Gasteiger partial charge in [-0.15, -0.1) is 0 Å². The lowest BCUT2D eigenvalue weighted by molar-refractivity contribution is 0.0951. The number of amides is 2. The fourth-order valence-corrected chi connectivity index (χ4v) is 3.61. The molecule has 3 rings (SSSR count). The molecule has 0 aliphatic carbocycles. The van der Waals surface area contributed by atoms with Crippen LogP contribution >= 0.6 is 0 Å². The van der Waals surface area contributed by atoms with Gasteiger partial charge in [0.2, 0.25) is 0 Å². The van der Waals surface area contributed by atoms with Gasteiger partial charge >= 0.3 is 0 Å². The zero-order valence-electron chi connectivity index (χ0n) is 18.1. The van der Waals surface area contributed by atoms with E-state index in [1.54, 1.807) is 24.3 Å². The number of carbonyl (C=O) groups is 2. The molecule has 1 fully saturated rings. The third-order valence-electron chi connectivity index (χ3n) is 5.61. The number of nitrogens with one attached hydrogen (secondary N) is 2. The highest BCUT2D eigenvalue weighted by atomic mass is 16.2. The molecule has 2 aromatic carbocycles. The molecule has 1 unspecified atom stereocenters. The lowest BCUT2D eigenvalue weighted by atomic mass is 10.1. The fraction of sp³-hybridized carbons (Fsp3) is 0.417. The lowest BCUT2D eigenvalue weighted by Gasteiger charge is -2.22. The van der Waals surface area contributed by atoms with Crippen molar-refractivity contribution in [2.45, 2.75) is 32.2 Å². The molecule has 2 N–H and O–H groups in total. The van der Waals surface area contributed by atoms with Gasteiger partial charge in [-0.2, -0.15) is 0 Å². The fourth-order valence-electron chi connectivity index (χ4n) is 3.61. The van der Waals surface area contributed by atoms with Crippen LogP contribution in [0.1, 0.15) is 46.9 Å². The first-order valence-corrected chi connectivity index (χ1v) is 10.7. The highest BCUT2D eigenvalue weighted by Gasteiger charge is 2.24. The molecule has 0 aromatic heterocycles. The molecular weight excluding hydrogens is 376 g/mol. The number of likely N-dealkylation sites (N-methyl/N-ethyl adjacent to an activating group) is 1. The van der Waals surface area contributed by atoms with E-state index >= 15 is 0 Å². The molecule has 0 radical (unpaired) electrons. The highest BCUT2D eigenvalue weighted by Crippen LogP contribution is 2.24. The Balaban J connectivity index is 1.55. The van der Waals surface area contributed by atoms with E-state index in [9.17, 15) is 9.59 Å². The van der Waals surface area contributed by atoms with E-state index in [-0.39, 0.29) is 11.8 Å². The summed E-state index contributed by atoms with van der Waals surface area (Å²) in [4.78, 5) is 29.3. The second-order valence-corrected chi connectivity index (χ2v) is 8.04. The topological polar surface area (TPSA) is 64.7 Å². The average molecular weight is 409 g/mol. The zero-order valence-corrected chi connectivity index (χ0v) is 18.1. The first-order valence-electron chi connectivity index (χ1n) is 10.7. The SMILES string of the molecule is CCCCNC(=O)c1ccc(C(=O)Nc2ccc(N3CCC(N(C)C)C3)cc2)cc1. The van der Waals surface area contributed by atoms with Gasteiger partial charge in [-0.3, -0.25) is 9.59 Å². The molecule has 1 aliphatic rings. The van der Waals surface area contributed by atoms with E-state index in [1.807, 2.05) is 12.1 Å². The number of hydrogen-bond donors (Lipinski definition) is 2. The summed E-state index contributed by atoms with van der Waals surface area (Å²) in [5, 5.41) is 5.81. The van der Waals surface area contributed by atoms with Crippen molar-refractivity contribution in [1.82, 2.24) is 10.2 Å². The first-order chi connectivity index (χ1) is 14.5. The van der Waals surface area contributed by atoms with Crippen molar-refractivity contribution in [3.8, 4) is 0 Å². The van der Waals surface area contributed by atoms with Crippen LogP contribution in [0.25, 0.3) is 0 Å². The van der Waals surface area contributed by atoms with Crippen LogP contribution in [0, 0.1) is 0 Å². The van der Waals surface area contributed by atoms with Crippen LogP contribution in [0.5, 0.6) is 0 Å². The Morgan fingerprint density at radius 1 is 1.00 bits per heavy atom. The molecule has 1 aliphatic heterocycles. The number of anilines is 2.